The number of hydrogen-bond acceptors (Lipinski definition) is 1. The topological polar surface area (TPSA) is 37.0 Å². The van der Waals surface area contributed by atoms with E-state index in [4.69, 9.17) is 0 Å². The van der Waals surface area contributed by atoms with Crippen molar-refractivity contribution in [2.75, 3.05) is 0 Å². The summed E-state index contributed by atoms with van der Waals surface area (Å²) in [6, 6.07) is 0. The van der Waals surface area contributed by atoms with Crippen LogP contribution in [-0.4, -0.2) is 5.97 Å². The molecule has 2 nitrogen and oxygen atoms in total. The van der Waals surface area contributed by atoms with E-state index >= 15 is 0 Å². The van der Waals surface area contributed by atoms with Crippen LogP contribution in [0.2, 0.25) is 0 Å². The zero-order valence-corrected chi connectivity index (χ0v) is 13.5. The third-order valence-corrected chi connectivity index (χ3v) is 4.54. The number of carbonyl (C=O) groups excluding carboxylic acids is 1. The Balaban J connectivity index is 5.06. The zero-order chi connectivity index (χ0) is 14.7. The Morgan fingerprint density at radius 1 is 0.895 bits per heavy atom. The Morgan fingerprint density at radius 3 is 1.68 bits per heavy atom. The maximum Gasteiger partial charge on any atom is 0.361 e. The third-order valence-electron chi connectivity index (χ3n) is 4.54. The van der Waals surface area contributed by atoms with E-state index in [9.17, 15) is 9.90 Å². The van der Waals surface area contributed by atoms with Gasteiger partial charge < -0.3 is 0 Å². The maximum absolute atomic E-state index is 11.9. The summed E-state index contributed by atoms with van der Waals surface area (Å²) in [6.07, 6.45) is 9.99. The molecule has 1 unspecified atom stereocenters. The van der Waals surface area contributed by atoms with Crippen LogP contribution >= 0.6 is 0 Å². The van der Waals surface area contributed by atoms with Crippen molar-refractivity contribution < 1.29 is 9.90 Å². The van der Waals surface area contributed by atoms with E-state index in [2.05, 4.69) is 27.7 Å². The molecule has 0 N–H and O–H groups in total. The average molecular weight is 269 g/mol. The second-order valence-electron chi connectivity index (χ2n) is 5.90. The number of hydrogen-bond donors (Lipinski definition) is 0. The lowest BCUT2D eigenvalue weighted by molar-refractivity contribution is -0.161. The Hall–Kier alpha value is -0.530. The Labute approximate surface area is 120 Å². The minimum Gasteiger partial charge on any atom is -0.247 e. The molecule has 0 bridgehead atoms. The van der Waals surface area contributed by atoms with E-state index in [1.807, 2.05) is 0 Å². The van der Waals surface area contributed by atoms with Crippen LogP contribution in [0, 0.1) is 11.3 Å². The van der Waals surface area contributed by atoms with Crippen LogP contribution in [0.1, 0.15) is 91.9 Å². The Morgan fingerprint density at radius 2 is 1.37 bits per heavy atom. The highest BCUT2D eigenvalue weighted by atomic mass is 16.4. The summed E-state index contributed by atoms with van der Waals surface area (Å²) in [5, 5.41) is 11.9. The van der Waals surface area contributed by atoms with Crippen molar-refractivity contribution in [3.63, 3.8) is 0 Å². The number of unbranched alkanes of at least 4 members (excludes halogenated alkanes) is 3. The highest BCUT2D eigenvalue weighted by molar-refractivity contribution is 5.74. The molecule has 0 rings (SSSR count). The fraction of sp³-hybridized carbons (Fsp3) is 0.941. The molecule has 0 spiro atoms. The standard InChI is InChI=1S/C17H33O2/c1-5-9-12-15(8-4)17(16(18)19,13-10-6-2)14-11-7-3/h15H,5-14H2,1-4H3. The van der Waals surface area contributed by atoms with E-state index in [1.165, 1.54) is 0 Å². The van der Waals surface area contributed by atoms with E-state index in [0.29, 0.717) is 0 Å². The minimum atomic E-state index is -0.794. The van der Waals surface area contributed by atoms with Gasteiger partial charge in [0.25, 0.3) is 0 Å². The SMILES string of the molecule is CCCCC(CC)C(CCCC)(CCCC)C([O])=O. The quantitative estimate of drug-likeness (QED) is 0.459. The van der Waals surface area contributed by atoms with E-state index in [-0.39, 0.29) is 5.92 Å². The second kappa shape index (κ2) is 10.3. The predicted octanol–water partition coefficient (Wildman–Crippen LogP) is 5.53. The predicted molar refractivity (Wildman–Crippen MR) is 80.5 cm³/mol. The molecular weight excluding hydrogens is 236 g/mol. The van der Waals surface area contributed by atoms with Crippen LogP contribution in [0.15, 0.2) is 0 Å². The van der Waals surface area contributed by atoms with Gasteiger partial charge in [0.2, 0.25) is 0 Å². The summed E-state index contributed by atoms with van der Waals surface area (Å²) in [7, 11) is 0. The van der Waals surface area contributed by atoms with Crippen molar-refractivity contribution in [2.45, 2.75) is 91.9 Å². The molecule has 0 aliphatic carbocycles. The van der Waals surface area contributed by atoms with Crippen molar-refractivity contribution in [1.82, 2.24) is 0 Å². The average Bonchev–Trinajstić information content (AvgIpc) is 2.41. The normalized spacial score (nSPS) is 13.5. The molecule has 0 amide bonds. The van der Waals surface area contributed by atoms with Crippen LogP contribution in [-0.2, 0) is 9.90 Å². The fourth-order valence-electron chi connectivity index (χ4n) is 3.21. The maximum atomic E-state index is 11.9. The first kappa shape index (κ1) is 18.5. The van der Waals surface area contributed by atoms with Crippen LogP contribution in [0.5, 0.6) is 0 Å². The van der Waals surface area contributed by atoms with Gasteiger partial charge in [0.05, 0.1) is 5.41 Å². The molecule has 1 radical (unpaired) electrons. The minimum absolute atomic E-state index is 0.288. The molecule has 0 saturated heterocycles. The molecule has 0 aromatic rings. The fourth-order valence-corrected chi connectivity index (χ4v) is 3.21. The molecule has 113 valence electrons. The first-order valence-electron chi connectivity index (χ1n) is 8.30. The first-order valence-corrected chi connectivity index (χ1v) is 8.30. The van der Waals surface area contributed by atoms with Crippen LogP contribution < -0.4 is 0 Å². The third kappa shape index (κ3) is 5.54. The molecule has 0 saturated carbocycles. The van der Waals surface area contributed by atoms with E-state index < -0.39 is 11.4 Å². The molecule has 0 aliphatic rings. The lowest BCUT2D eigenvalue weighted by atomic mass is 9.66. The van der Waals surface area contributed by atoms with Gasteiger partial charge >= 0.3 is 5.97 Å². The zero-order valence-electron chi connectivity index (χ0n) is 13.5. The summed E-state index contributed by atoms with van der Waals surface area (Å²) in [4.78, 5) is 11.9. The van der Waals surface area contributed by atoms with Crippen molar-refractivity contribution in [2.24, 2.45) is 11.3 Å². The lowest BCUT2D eigenvalue weighted by Crippen LogP contribution is -2.38. The Bertz CT molecular complexity index is 227. The van der Waals surface area contributed by atoms with Gasteiger partial charge in [0.15, 0.2) is 0 Å². The van der Waals surface area contributed by atoms with Gasteiger partial charge in [0, 0.05) is 0 Å². The molecule has 0 heterocycles. The van der Waals surface area contributed by atoms with Crippen LogP contribution in [0.4, 0.5) is 0 Å². The van der Waals surface area contributed by atoms with Gasteiger partial charge in [-0.15, -0.1) is 0 Å². The van der Waals surface area contributed by atoms with Crippen LogP contribution in [0.3, 0.4) is 0 Å². The van der Waals surface area contributed by atoms with E-state index in [1.54, 1.807) is 0 Å². The van der Waals surface area contributed by atoms with Gasteiger partial charge in [-0.2, -0.15) is 0 Å². The molecular formula is C17H33O2. The molecule has 0 fully saturated rings. The van der Waals surface area contributed by atoms with Gasteiger partial charge in [-0.25, -0.2) is 9.90 Å². The number of rotatable bonds is 12. The molecule has 0 aromatic carbocycles. The highest BCUT2D eigenvalue weighted by Gasteiger charge is 2.44. The molecule has 2 heteroatoms. The monoisotopic (exact) mass is 269 g/mol. The molecule has 1 atom stereocenters. The molecule has 0 aromatic heterocycles. The summed E-state index contributed by atoms with van der Waals surface area (Å²) in [5.41, 5.74) is -0.573. The van der Waals surface area contributed by atoms with Gasteiger partial charge in [0.1, 0.15) is 0 Å². The van der Waals surface area contributed by atoms with Gasteiger partial charge in [-0.3, -0.25) is 0 Å². The largest absolute Gasteiger partial charge is 0.361 e. The van der Waals surface area contributed by atoms with Crippen molar-refractivity contribution in [3.05, 3.63) is 0 Å². The summed E-state index contributed by atoms with van der Waals surface area (Å²) in [6.45, 7) is 8.57. The van der Waals surface area contributed by atoms with Gasteiger partial charge in [-0.1, -0.05) is 72.6 Å². The number of carbonyl (C=O) groups is 1. The van der Waals surface area contributed by atoms with Crippen molar-refractivity contribution in [3.8, 4) is 0 Å². The summed E-state index contributed by atoms with van der Waals surface area (Å²) < 4.78 is 0. The lowest BCUT2D eigenvalue weighted by Gasteiger charge is -2.36. The van der Waals surface area contributed by atoms with E-state index in [0.717, 1.165) is 64.2 Å². The second-order valence-corrected chi connectivity index (χ2v) is 5.90. The first-order chi connectivity index (χ1) is 9.08. The molecule has 0 aliphatic heterocycles. The van der Waals surface area contributed by atoms with Crippen molar-refractivity contribution in [1.29, 1.82) is 0 Å². The molecule has 19 heavy (non-hydrogen) atoms. The van der Waals surface area contributed by atoms with Gasteiger partial charge in [-0.05, 0) is 25.2 Å². The summed E-state index contributed by atoms with van der Waals surface area (Å²) >= 11 is 0. The smallest absolute Gasteiger partial charge is 0.247 e. The highest BCUT2D eigenvalue weighted by Crippen LogP contribution is 2.43. The summed E-state index contributed by atoms with van der Waals surface area (Å²) in [5.74, 6) is -0.507. The van der Waals surface area contributed by atoms with Crippen LogP contribution in [0.25, 0.3) is 0 Å². The Kier molecular flexibility index (Phi) is 9.99. The van der Waals surface area contributed by atoms with Crippen molar-refractivity contribution >= 4 is 5.97 Å².